The standard InChI is InChI=1S/C50H62S/c1-13-37-29-35(27-33(3)39-17-19-41-43(31-39)49(9,10)25-23-47(41,5)6)15-21-45(37)51-46-22-16-36(30-38(46)14-2)28-34(4)40-18-20-42-44(32-40)50(11,12)26-24-48(42,7)8/h15-22,27-32H,13-14,23-26H2,1-12H3. The van der Waals surface area contributed by atoms with Crippen LogP contribution in [0.25, 0.3) is 23.3 Å². The van der Waals surface area contributed by atoms with Crippen LogP contribution in [0.5, 0.6) is 0 Å². The van der Waals surface area contributed by atoms with Crippen molar-refractivity contribution >= 4 is 35.1 Å². The maximum absolute atomic E-state index is 2.48. The summed E-state index contributed by atoms with van der Waals surface area (Å²) in [7, 11) is 0. The molecule has 2 aliphatic rings. The average Bonchev–Trinajstić information content (AvgIpc) is 3.09. The van der Waals surface area contributed by atoms with Crippen molar-refractivity contribution in [3.05, 3.63) is 128 Å². The highest BCUT2D eigenvalue weighted by Gasteiger charge is 2.38. The van der Waals surface area contributed by atoms with Crippen LogP contribution in [0.3, 0.4) is 0 Å². The molecule has 2 aliphatic carbocycles. The van der Waals surface area contributed by atoms with Crippen LogP contribution in [0.1, 0.15) is 164 Å². The van der Waals surface area contributed by atoms with Gasteiger partial charge in [0.25, 0.3) is 0 Å². The van der Waals surface area contributed by atoms with Crippen LogP contribution in [-0.2, 0) is 34.5 Å². The largest absolute Gasteiger partial charge is 0.0895 e. The monoisotopic (exact) mass is 694 g/mol. The van der Waals surface area contributed by atoms with E-state index in [4.69, 9.17) is 0 Å². The van der Waals surface area contributed by atoms with Crippen molar-refractivity contribution < 1.29 is 0 Å². The Morgan fingerprint density at radius 1 is 0.490 bits per heavy atom. The Bertz CT molecular complexity index is 1860. The van der Waals surface area contributed by atoms with Gasteiger partial charge in [-0.3, -0.25) is 0 Å². The van der Waals surface area contributed by atoms with Gasteiger partial charge in [-0.25, -0.2) is 0 Å². The highest BCUT2D eigenvalue weighted by Crippen LogP contribution is 2.48. The van der Waals surface area contributed by atoms with E-state index in [1.807, 2.05) is 11.8 Å². The molecule has 0 atom stereocenters. The number of aryl methyl sites for hydroxylation is 2. The molecule has 0 bridgehead atoms. The van der Waals surface area contributed by atoms with E-state index in [0.29, 0.717) is 0 Å². The first kappa shape index (κ1) is 37.5. The zero-order valence-electron chi connectivity index (χ0n) is 33.7. The normalized spacial score (nSPS) is 19.0. The predicted octanol–water partition coefficient (Wildman–Crippen LogP) is 14.8. The molecule has 4 aromatic rings. The molecule has 0 heterocycles. The Labute approximate surface area is 315 Å². The van der Waals surface area contributed by atoms with Gasteiger partial charge in [0.15, 0.2) is 0 Å². The van der Waals surface area contributed by atoms with Gasteiger partial charge in [-0.15, -0.1) is 0 Å². The highest BCUT2D eigenvalue weighted by atomic mass is 32.2. The Hall–Kier alpha value is -3.29. The van der Waals surface area contributed by atoms with Crippen LogP contribution in [-0.4, -0.2) is 0 Å². The van der Waals surface area contributed by atoms with Gasteiger partial charge in [-0.2, -0.15) is 0 Å². The van der Waals surface area contributed by atoms with Crippen molar-refractivity contribution in [1.29, 1.82) is 0 Å². The van der Waals surface area contributed by atoms with Gasteiger partial charge >= 0.3 is 0 Å². The van der Waals surface area contributed by atoms with Crippen LogP contribution in [0.15, 0.2) is 82.6 Å². The van der Waals surface area contributed by atoms with Gasteiger partial charge < -0.3 is 0 Å². The van der Waals surface area contributed by atoms with Gasteiger partial charge in [-0.05, 0) is 153 Å². The second-order valence-corrected chi connectivity index (χ2v) is 19.3. The lowest BCUT2D eigenvalue weighted by atomic mass is 9.63. The fourth-order valence-corrected chi connectivity index (χ4v) is 9.76. The second-order valence-electron chi connectivity index (χ2n) is 18.3. The summed E-state index contributed by atoms with van der Waals surface area (Å²) in [4.78, 5) is 2.72. The fourth-order valence-electron chi connectivity index (χ4n) is 8.58. The first-order chi connectivity index (χ1) is 23.9. The molecule has 0 amide bonds. The Kier molecular flexibility index (Phi) is 10.2. The van der Waals surface area contributed by atoms with E-state index < -0.39 is 0 Å². The lowest BCUT2D eigenvalue weighted by Gasteiger charge is -2.42. The molecule has 0 aliphatic heterocycles. The summed E-state index contributed by atoms with van der Waals surface area (Å²) >= 11 is 1.93. The third kappa shape index (κ3) is 7.62. The van der Waals surface area contributed by atoms with Crippen LogP contribution >= 0.6 is 11.8 Å². The fraction of sp³-hybridized carbons (Fsp3) is 0.440. The summed E-state index contributed by atoms with van der Waals surface area (Å²) in [6.45, 7) is 28.4. The molecule has 0 radical (unpaired) electrons. The minimum atomic E-state index is 0.219. The molecular formula is C50H62S. The van der Waals surface area contributed by atoms with Crippen LogP contribution in [0, 0.1) is 0 Å². The smallest absolute Gasteiger partial charge is 0.0154 e. The number of hydrogen-bond acceptors (Lipinski definition) is 1. The van der Waals surface area contributed by atoms with Gasteiger partial charge in [0, 0.05) is 9.79 Å². The number of hydrogen-bond donors (Lipinski definition) is 0. The van der Waals surface area contributed by atoms with E-state index in [1.54, 1.807) is 0 Å². The summed E-state index contributed by atoms with van der Waals surface area (Å²) in [5.41, 5.74) is 17.8. The molecule has 0 N–H and O–H groups in total. The van der Waals surface area contributed by atoms with Crippen molar-refractivity contribution in [1.82, 2.24) is 0 Å². The molecule has 0 unspecified atom stereocenters. The quantitative estimate of drug-likeness (QED) is 0.165. The highest BCUT2D eigenvalue weighted by molar-refractivity contribution is 7.99. The van der Waals surface area contributed by atoms with Crippen molar-refractivity contribution in [2.24, 2.45) is 0 Å². The summed E-state index contributed by atoms with van der Waals surface area (Å²) in [6, 6.07) is 28.6. The van der Waals surface area contributed by atoms with Crippen molar-refractivity contribution in [2.75, 3.05) is 0 Å². The molecule has 6 rings (SSSR count). The third-order valence-electron chi connectivity index (χ3n) is 12.5. The predicted molar refractivity (Wildman–Crippen MR) is 226 cm³/mol. The van der Waals surface area contributed by atoms with E-state index in [2.05, 4.69) is 168 Å². The summed E-state index contributed by atoms with van der Waals surface area (Å²) in [6.07, 6.45) is 11.8. The maximum Gasteiger partial charge on any atom is 0.0154 e. The van der Waals surface area contributed by atoms with E-state index >= 15 is 0 Å². The molecule has 268 valence electrons. The molecule has 0 saturated carbocycles. The van der Waals surface area contributed by atoms with Gasteiger partial charge in [-0.1, -0.05) is 154 Å². The Morgan fingerprint density at radius 3 is 1.20 bits per heavy atom. The molecule has 51 heavy (non-hydrogen) atoms. The summed E-state index contributed by atoms with van der Waals surface area (Å²) in [5, 5.41) is 0. The molecule has 0 fully saturated rings. The van der Waals surface area contributed by atoms with Crippen LogP contribution in [0.2, 0.25) is 0 Å². The minimum Gasteiger partial charge on any atom is -0.0895 e. The average molecular weight is 695 g/mol. The summed E-state index contributed by atoms with van der Waals surface area (Å²) < 4.78 is 0. The zero-order chi connectivity index (χ0) is 36.9. The van der Waals surface area contributed by atoms with E-state index in [1.165, 1.54) is 102 Å². The third-order valence-corrected chi connectivity index (χ3v) is 13.8. The molecular weight excluding hydrogens is 633 g/mol. The van der Waals surface area contributed by atoms with Crippen LogP contribution < -0.4 is 0 Å². The van der Waals surface area contributed by atoms with Crippen molar-refractivity contribution in [2.45, 2.75) is 153 Å². The lowest BCUT2D eigenvalue weighted by Crippen LogP contribution is -2.33. The van der Waals surface area contributed by atoms with Gasteiger partial charge in [0.2, 0.25) is 0 Å². The SMILES string of the molecule is CCc1cc(C=C(C)c2ccc3c(c2)C(C)(C)CCC3(C)C)ccc1Sc1ccc(C=C(C)c2ccc3c(c2)C(C)(C)CCC3(C)C)cc1CC. The molecule has 4 aromatic carbocycles. The number of benzene rings is 4. The Morgan fingerprint density at radius 2 is 0.843 bits per heavy atom. The minimum absolute atomic E-state index is 0.219. The molecule has 1 heteroatoms. The molecule has 0 nitrogen and oxygen atoms in total. The first-order valence-electron chi connectivity index (χ1n) is 19.6. The topological polar surface area (TPSA) is 0 Å². The lowest BCUT2D eigenvalue weighted by molar-refractivity contribution is 0.332. The number of allylic oxidation sites excluding steroid dienone is 2. The van der Waals surface area contributed by atoms with E-state index in [-0.39, 0.29) is 21.7 Å². The van der Waals surface area contributed by atoms with Gasteiger partial charge in [0.05, 0.1) is 0 Å². The molecule has 0 aromatic heterocycles. The van der Waals surface area contributed by atoms with Crippen LogP contribution in [0.4, 0.5) is 0 Å². The van der Waals surface area contributed by atoms with E-state index in [9.17, 15) is 0 Å². The van der Waals surface area contributed by atoms with Gasteiger partial charge in [0.1, 0.15) is 0 Å². The zero-order valence-corrected chi connectivity index (χ0v) is 34.6. The molecule has 0 spiro atoms. The van der Waals surface area contributed by atoms with Crippen molar-refractivity contribution in [3.8, 4) is 0 Å². The first-order valence-corrected chi connectivity index (χ1v) is 20.4. The number of fused-ring (bicyclic) bond motifs is 2. The molecule has 0 saturated heterocycles. The number of rotatable bonds is 8. The Balaban J connectivity index is 1.23. The maximum atomic E-state index is 2.48. The van der Waals surface area contributed by atoms with Crippen molar-refractivity contribution in [3.63, 3.8) is 0 Å². The summed E-state index contributed by atoms with van der Waals surface area (Å²) in [5.74, 6) is 0. The van der Waals surface area contributed by atoms with E-state index in [0.717, 1.165) is 12.8 Å². The second kappa shape index (κ2) is 13.9.